The van der Waals surface area contributed by atoms with E-state index in [9.17, 15) is 31.6 Å². The molecule has 1 aliphatic heterocycles. The van der Waals surface area contributed by atoms with Gasteiger partial charge in [0.2, 0.25) is 0 Å². The Kier molecular flexibility index (Phi) is 7.10. The number of hydrogen-bond acceptors (Lipinski definition) is 8. The monoisotopic (exact) mass is 589 g/mol. The molecule has 2 atom stereocenters. The Morgan fingerprint density at radius 3 is 2.56 bits per heavy atom. The molecule has 2 aromatic carbocycles. The van der Waals surface area contributed by atoms with Crippen LogP contribution in [-0.2, 0) is 20.8 Å². The molecular formula is C27H26F3N5O5S. The standard InChI is InChI=1S/C27H26F3N5O5S/c1-17-12-23(35(33-17)18-6-5-7-19(13-18)39-2)34-15-20(14-24(34)40-25(36)32-26(16-31)10-11-26)41(37,38)22-9-4-3-8-21(22)27(28,29)30/h3-9,12-13,20,24H,10-11,14-15H2,1-2H3,(H,32,36)/t20-,24+/m1/s1. The van der Waals surface area contributed by atoms with Gasteiger partial charge in [0.25, 0.3) is 0 Å². The van der Waals surface area contributed by atoms with Gasteiger partial charge in [-0.2, -0.15) is 23.5 Å². The average molecular weight is 590 g/mol. The first-order valence-corrected chi connectivity index (χ1v) is 14.2. The number of benzene rings is 2. The van der Waals surface area contributed by atoms with Gasteiger partial charge in [0.05, 0.1) is 40.3 Å². The maximum Gasteiger partial charge on any atom is 0.417 e. The lowest BCUT2D eigenvalue weighted by Crippen LogP contribution is -2.42. The van der Waals surface area contributed by atoms with Crippen LogP contribution >= 0.6 is 0 Å². The number of aromatic nitrogens is 2. The number of ether oxygens (including phenoxy) is 2. The number of hydrogen-bond donors (Lipinski definition) is 1. The molecule has 0 unspecified atom stereocenters. The maximum atomic E-state index is 13.8. The van der Waals surface area contributed by atoms with Gasteiger partial charge >= 0.3 is 12.3 Å². The first-order valence-electron chi connectivity index (χ1n) is 12.6. The summed E-state index contributed by atoms with van der Waals surface area (Å²) in [5, 5.41) is 15.0. The second-order valence-corrected chi connectivity index (χ2v) is 12.2. The Balaban J connectivity index is 1.54. The van der Waals surface area contributed by atoms with Gasteiger partial charge in [-0.1, -0.05) is 18.2 Å². The van der Waals surface area contributed by atoms with Gasteiger partial charge < -0.3 is 19.7 Å². The van der Waals surface area contributed by atoms with Gasteiger partial charge in [-0.25, -0.2) is 17.9 Å². The van der Waals surface area contributed by atoms with E-state index in [0.29, 0.717) is 35.8 Å². The molecule has 2 heterocycles. The molecule has 2 fully saturated rings. The molecule has 1 amide bonds. The summed E-state index contributed by atoms with van der Waals surface area (Å²) in [4.78, 5) is 13.4. The Morgan fingerprint density at radius 2 is 1.90 bits per heavy atom. The third-order valence-electron chi connectivity index (χ3n) is 7.10. The molecule has 41 heavy (non-hydrogen) atoms. The largest absolute Gasteiger partial charge is 0.497 e. The van der Waals surface area contributed by atoms with E-state index >= 15 is 0 Å². The number of anilines is 1. The maximum absolute atomic E-state index is 13.8. The van der Waals surface area contributed by atoms with Crippen molar-refractivity contribution in [1.82, 2.24) is 15.1 Å². The number of alkyl carbamates (subject to hydrolysis) is 1. The molecule has 5 rings (SSSR count). The topological polar surface area (TPSA) is 127 Å². The quantitative estimate of drug-likeness (QED) is 0.431. The van der Waals surface area contributed by atoms with E-state index in [1.807, 2.05) is 6.07 Å². The molecule has 1 aromatic heterocycles. The number of halogens is 3. The number of alkyl halides is 3. The number of amides is 1. The van der Waals surface area contributed by atoms with Gasteiger partial charge in [0, 0.05) is 25.1 Å². The zero-order chi connectivity index (χ0) is 29.6. The summed E-state index contributed by atoms with van der Waals surface area (Å²) < 4.78 is 81.1. The molecular weight excluding hydrogens is 563 g/mol. The van der Waals surface area contributed by atoms with Crippen LogP contribution in [-0.4, -0.2) is 55.0 Å². The Labute approximate surface area is 234 Å². The fourth-order valence-electron chi connectivity index (χ4n) is 4.83. The molecule has 14 heteroatoms. The SMILES string of the molecule is COc1cccc(-n2nc(C)cc2N2C[C@H](S(=O)(=O)c3ccccc3C(F)(F)F)C[C@@H]2OC(=O)NC2(C#N)CC2)c1. The molecule has 2 aliphatic rings. The van der Waals surface area contributed by atoms with Crippen LogP contribution in [0.15, 0.2) is 59.5 Å². The number of carbonyl (C=O) groups excluding carboxylic acids is 1. The Bertz CT molecular complexity index is 1630. The number of sulfone groups is 1. The summed E-state index contributed by atoms with van der Waals surface area (Å²) in [6.07, 6.45) is -6.45. The summed E-state index contributed by atoms with van der Waals surface area (Å²) in [6, 6.07) is 14.6. The highest BCUT2D eigenvalue weighted by Crippen LogP contribution is 2.40. The molecule has 1 saturated carbocycles. The summed E-state index contributed by atoms with van der Waals surface area (Å²) in [5.74, 6) is 0.891. The van der Waals surface area contributed by atoms with E-state index in [-0.39, 0.29) is 13.0 Å². The summed E-state index contributed by atoms with van der Waals surface area (Å²) in [5.41, 5.74) is -1.20. The first kappa shape index (κ1) is 28.3. The molecule has 1 saturated heterocycles. The van der Waals surface area contributed by atoms with Crippen LogP contribution in [0.3, 0.4) is 0 Å². The van der Waals surface area contributed by atoms with E-state index < -0.39 is 49.6 Å². The molecule has 1 N–H and O–H groups in total. The second kappa shape index (κ2) is 10.3. The molecule has 0 spiro atoms. The van der Waals surface area contributed by atoms with Crippen LogP contribution in [0, 0.1) is 18.3 Å². The van der Waals surface area contributed by atoms with Gasteiger partial charge in [-0.05, 0) is 44.0 Å². The van der Waals surface area contributed by atoms with Crippen LogP contribution in [0.1, 0.15) is 30.5 Å². The van der Waals surface area contributed by atoms with Crippen molar-refractivity contribution >= 4 is 21.7 Å². The van der Waals surface area contributed by atoms with Crippen LogP contribution < -0.4 is 15.0 Å². The van der Waals surface area contributed by atoms with Crippen molar-refractivity contribution in [3.05, 3.63) is 65.9 Å². The summed E-state index contributed by atoms with van der Waals surface area (Å²) in [6.45, 7) is 1.43. The lowest BCUT2D eigenvalue weighted by atomic mass is 10.2. The van der Waals surface area contributed by atoms with Gasteiger partial charge in [-0.15, -0.1) is 0 Å². The minimum atomic E-state index is -4.89. The second-order valence-electron chi connectivity index (χ2n) is 9.99. The number of nitrogens with zero attached hydrogens (tertiary/aromatic N) is 4. The molecule has 0 bridgehead atoms. The van der Waals surface area contributed by atoms with E-state index in [1.165, 1.54) is 22.8 Å². The lowest BCUT2D eigenvalue weighted by Gasteiger charge is -2.27. The predicted octanol–water partition coefficient (Wildman–Crippen LogP) is 4.37. The Hall–Kier alpha value is -4.25. The number of nitrogens with one attached hydrogen (secondary N) is 1. The molecule has 216 valence electrons. The van der Waals surface area contributed by atoms with Crippen LogP contribution in [0.4, 0.5) is 23.8 Å². The zero-order valence-corrected chi connectivity index (χ0v) is 22.9. The van der Waals surface area contributed by atoms with E-state index in [0.717, 1.165) is 18.2 Å². The van der Waals surface area contributed by atoms with Gasteiger partial charge in [0.15, 0.2) is 16.1 Å². The van der Waals surface area contributed by atoms with Crippen molar-refractivity contribution in [2.75, 3.05) is 18.6 Å². The minimum absolute atomic E-state index is 0.287. The third kappa shape index (κ3) is 5.54. The van der Waals surface area contributed by atoms with Crippen LogP contribution in [0.5, 0.6) is 5.75 Å². The third-order valence-corrected chi connectivity index (χ3v) is 9.29. The van der Waals surface area contributed by atoms with Crippen LogP contribution in [0.2, 0.25) is 0 Å². The number of aryl methyl sites for hydroxylation is 1. The number of nitriles is 1. The van der Waals surface area contributed by atoms with Crippen molar-refractivity contribution in [2.24, 2.45) is 0 Å². The van der Waals surface area contributed by atoms with Crippen molar-refractivity contribution in [3.63, 3.8) is 0 Å². The van der Waals surface area contributed by atoms with E-state index in [4.69, 9.17) is 9.47 Å². The van der Waals surface area contributed by atoms with Gasteiger partial charge in [0.1, 0.15) is 17.1 Å². The zero-order valence-electron chi connectivity index (χ0n) is 22.1. The molecule has 1 aliphatic carbocycles. The highest BCUT2D eigenvalue weighted by molar-refractivity contribution is 7.92. The van der Waals surface area contributed by atoms with Crippen molar-refractivity contribution in [2.45, 2.75) is 54.3 Å². The smallest absolute Gasteiger partial charge is 0.417 e. The first-order chi connectivity index (χ1) is 19.4. The minimum Gasteiger partial charge on any atom is -0.497 e. The number of methoxy groups -OCH3 is 1. The molecule has 10 nitrogen and oxygen atoms in total. The molecule has 3 aromatic rings. The average Bonchev–Trinajstić information content (AvgIpc) is 3.40. The summed E-state index contributed by atoms with van der Waals surface area (Å²) in [7, 11) is -3.05. The Morgan fingerprint density at radius 1 is 1.17 bits per heavy atom. The number of rotatable bonds is 7. The van der Waals surface area contributed by atoms with Crippen molar-refractivity contribution in [1.29, 1.82) is 5.26 Å². The number of carbonyl (C=O) groups is 1. The van der Waals surface area contributed by atoms with E-state index in [1.54, 1.807) is 37.3 Å². The van der Waals surface area contributed by atoms with Crippen LogP contribution in [0.25, 0.3) is 5.69 Å². The van der Waals surface area contributed by atoms with Crippen molar-refractivity contribution < 1.29 is 35.9 Å². The molecule has 0 radical (unpaired) electrons. The predicted molar refractivity (Wildman–Crippen MR) is 140 cm³/mol. The van der Waals surface area contributed by atoms with Gasteiger partial charge in [-0.3, -0.25) is 0 Å². The fraction of sp³-hybridized carbons (Fsp3) is 0.370. The van der Waals surface area contributed by atoms with Crippen molar-refractivity contribution in [3.8, 4) is 17.5 Å². The lowest BCUT2D eigenvalue weighted by molar-refractivity contribution is -0.139. The van der Waals surface area contributed by atoms with E-state index in [2.05, 4.69) is 10.4 Å². The fourth-order valence-corrected chi connectivity index (χ4v) is 6.72. The highest BCUT2D eigenvalue weighted by atomic mass is 32.2. The highest BCUT2D eigenvalue weighted by Gasteiger charge is 2.49. The summed E-state index contributed by atoms with van der Waals surface area (Å²) >= 11 is 0. The normalized spacial score (nSPS) is 19.9.